The lowest BCUT2D eigenvalue weighted by Gasteiger charge is -2.17. The number of hydrogen-bond acceptors (Lipinski definition) is 6. The molecule has 0 saturated carbocycles. The van der Waals surface area contributed by atoms with Gasteiger partial charge in [0.1, 0.15) is 12.7 Å². The maximum absolute atomic E-state index is 11.9. The van der Waals surface area contributed by atoms with Crippen LogP contribution in [-0.2, 0) is 14.2 Å². The Balaban J connectivity index is 0.000000488. The summed E-state index contributed by atoms with van der Waals surface area (Å²) in [4.78, 5) is 27.6. The average molecular weight is 421 g/mol. The van der Waals surface area contributed by atoms with Crippen LogP contribution in [0.1, 0.15) is 34.6 Å². The SMILES string of the molecule is CC(COC(=O)c1ccccc1)OCC(C)OC(=O)c1ccccc1.c1ccncc1. The number of rotatable bonds is 8. The second-order valence-corrected chi connectivity index (χ2v) is 6.71. The summed E-state index contributed by atoms with van der Waals surface area (Å²) in [6.45, 7) is 3.91. The Labute approximate surface area is 182 Å². The quantitative estimate of drug-likeness (QED) is 0.496. The maximum atomic E-state index is 11.9. The van der Waals surface area contributed by atoms with E-state index in [2.05, 4.69) is 4.98 Å². The number of hydrogen-bond donors (Lipinski definition) is 0. The number of esters is 2. The number of ether oxygens (including phenoxy) is 3. The van der Waals surface area contributed by atoms with Crippen LogP contribution in [-0.4, -0.2) is 42.3 Å². The van der Waals surface area contributed by atoms with Crippen LogP contribution in [0.15, 0.2) is 91.3 Å². The Kier molecular flexibility index (Phi) is 10.5. The third-order valence-corrected chi connectivity index (χ3v) is 3.96. The summed E-state index contributed by atoms with van der Waals surface area (Å²) in [5.41, 5.74) is 0.999. The molecule has 31 heavy (non-hydrogen) atoms. The minimum atomic E-state index is -0.403. The molecule has 0 bridgehead atoms. The second kappa shape index (κ2) is 13.7. The van der Waals surface area contributed by atoms with E-state index >= 15 is 0 Å². The molecule has 0 amide bonds. The molecule has 0 radical (unpaired) electrons. The van der Waals surface area contributed by atoms with Crippen molar-refractivity contribution < 1.29 is 23.8 Å². The largest absolute Gasteiger partial charge is 0.459 e. The zero-order valence-electron chi connectivity index (χ0n) is 17.7. The molecule has 2 atom stereocenters. The maximum Gasteiger partial charge on any atom is 0.338 e. The molecule has 0 N–H and O–H groups in total. The number of benzene rings is 2. The minimum absolute atomic E-state index is 0.132. The zero-order valence-corrected chi connectivity index (χ0v) is 17.7. The van der Waals surface area contributed by atoms with Gasteiger partial charge in [-0.2, -0.15) is 0 Å². The van der Waals surface area contributed by atoms with Gasteiger partial charge >= 0.3 is 11.9 Å². The summed E-state index contributed by atoms with van der Waals surface area (Å²) in [6.07, 6.45) is 2.80. The first-order valence-electron chi connectivity index (χ1n) is 10.0. The topological polar surface area (TPSA) is 74.7 Å². The van der Waals surface area contributed by atoms with Gasteiger partial charge in [0.25, 0.3) is 0 Å². The molecule has 162 valence electrons. The van der Waals surface area contributed by atoms with E-state index in [4.69, 9.17) is 14.2 Å². The average Bonchev–Trinajstić information content (AvgIpc) is 2.83. The van der Waals surface area contributed by atoms with Crippen molar-refractivity contribution in [1.29, 1.82) is 0 Å². The van der Waals surface area contributed by atoms with E-state index in [-0.39, 0.29) is 31.3 Å². The number of nitrogens with zero attached hydrogens (tertiary/aromatic N) is 1. The van der Waals surface area contributed by atoms with Gasteiger partial charge in [0.05, 0.1) is 23.8 Å². The van der Waals surface area contributed by atoms with Crippen LogP contribution in [0, 0.1) is 0 Å². The Morgan fingerprint density at radius 2 is 1.23 bits per heavy atom. The van der Waals surface area contributed by atoms with Crippen molar-refractivity contribution in [3.63, 3.8) is 0 Å². The molecular weight excluding hydrogens is 394 g/mol. The van der Waals surface area contributed by atoms with Crippen LogP contribution in [0.5, 0.6) is 0 Å². The van der Waals surface area contributed by atoms with Crippen molar-refractivity contribution in [1.82, 2.24) is 4.98 Å². The fourth-order valence-electron chi connectivity index (χ4n) is 2.37. The fourth-order valence-corrected chi connectivity index (χ4v) is 2.37. The molecule has 0 aliphatic rings. The second-order valence-electron chi connectivity index (χ2n) is 6.71. The van der Waals surface area contributed by atoms with Crippen LogP contribution >= 0.6 is 0 Å². The van der Waals surface area contributed by atoms with Crippen LogP contribution < -0.4 is 0 Å². The summed E-state index contributed by atoms with van der Waals surface area (Å²) in [6, 6.07) is 23.3. The summed E-state index contributed by atoms with van der Waals surface area (Å²) < 4.78 is 16.1. The van der Waals surface area contributed by atoms with Crippen molar-refractivity contribution in [2.45, 2.75) is 26.1 Å². The highest BCUT2D eigenvalue weighted by Crippen LogP contribution is 2.06. The van der Waals surface area contributed by atoms with E-state index in [1.54, 1.807) is 74.8 Å². The first kappa shape index (κ1) is 23.8. The van der Waals surface area contributed by atoms with Crippen LogP contribution in [0.4, 0.5) is 0 Å². The number of carbonyl (C=O) groups is 2. The van der Waals surface area contributed by atoms with E-state index in [0.29, 0.717) is 11.1 Å². The van der Waals surface area contributed by atoms with Gasteiger partial charge < -0.3 is 14.2 Å². The van der Waals surface area contributed by atoms with Crippen LogP contribution in [0.3, 0.4) is 0 Å². The lowest BCUT2D eigenvalue weighted by atomic mass is 10.2. The van der Waals surface area contributed by atoms with Gasteiger partial charge in [-0.3, -0.25) is 4.98 Å². The van der Waals surface area contributed by atoms with Gasteiger partial charge in [0.2, 0.25) is 0 Å². The summed E-state index contributed by atoms with van der Waals surface area (Å²) in [7, 11) is 0. The molecule has 6 nitrogen and oxygen atoms in total. The predicted molar refractivity (Wildman–Crippen MR) is 118 cm³/mol. The van der Waals surface area contributed by atoms with Crippen LogP contribution in [0.2, 0.25) is 0 Å². The van der Waals surface area contributed by atoms with Gasteiger partial charge in [-0.25, -0.2) is 9.59 Å². The summed E-state index contributed by atoms with van der Waals surface area (Å²) in [5.74, 6) is -0.778. The van der Waals surface area contributed by atoms with Crippen LogP contribution in [0.25, 0.3) is 0 Å². The Bertz CT molecular complexity index is 861. The van der Waals surface area contributed by atoms with Crippen molar-refractivity contribution in [2.24, 2.45) is 0 Å². The van der Waals surface area contributed by atoms with Crippen molar-refractivity contribution >= 4 is 11.9 Å². The highest BCUT2D eigenvalue weighted by atomic mass is 16.6. The molecule has 1 aromatic heterocycles. The molecule has 0 aliphatic heterocycles. The van der Waals surface area contributed by atoms with E-state index in [1.807, 2.05) is 30.3 Å². The van der Waals surface area contributed by atoms with E-state index in [0.717, 1.165) is 0 Å². The monoisotopic (exact) mass is 421 g/mol. The number of pyridine rings is 1. The van der Waals surface area contributed by atoms with Gasteiger partial charge in [0.15, 0.2) is 0 Å². The summed E-state index contributed by atoms with van der Waals surface area (Å²) >= 11 is 0. The smallest absolute Gasteiger partial charge is 0.338 e. The normalized spacial score (nSPS) is 11.9. The van der Waals surface area contributed by atoms with Gasteiger partial charge in [-0.05, 0) is 50.2 Å². The number of aromatic nitrogens is 1. The first-order valence-corrected chi connectivity index (χ1v) is 10.0. The molecule has 3 aromatic rings. The van der Waals surface area contributed by atoms with E-state index in [1.165, 1.54) is 0 Å². The molecule has 0 aliphatic carbocycles. The fraction of sp³-hybridized carbons (Fsp3) is 0.240. The standard InChI is InChI=1S/C20H22O5.C5H5N/c1-15(13-24-19(21)17-9-5-3-6-10-17)23-14-16(2)25-20(22)18-11-7-4-8-12-18;1-2-4-6-5-3-1/h3-12,15-16H,13-14H2,1-2H3;1-5H. The zero-order chi connectivity index (χ0) is 22.3. The molecule has 0 spiro atoms. The Morgan fingerprint density at radius 1 is 0.710 bits per heavy atom. The third kappa shape index (κ3) is 9.69. The molecule has 1 heterocycles. The predicted octanol–water partition coefficient (Wildman–Crippen LogP) is 4.58. The van der Waals surface area contributed by atoms with Crippen molar-refractivity contribution in [3.05, 3.63) is 102 Å². The molecular formula is C25H27NO5. The van der Waals surface area contributed by atoms with Crippen molar-refractivity contribution in [3.8, 4) is 0 Å². The first-order chi connectivity index (χ1) is 15.1. The highest BCUT2D eigenvalue weighted by molar-refractivity contribution is 5.89. The molecule has 2 aromatic carbocycles. The molecule has 0 fully saturated rings. The summed E-state index contributed by atoms with van der Waals surface area (Å²) in [5, 5.41) is 0. The molecule has 3 rings (SSSR count). The van der Waals surface area contributed by atoms with E-state index in [9.17, 15) is 9.59 Å². The lowest BCUT2D eigenvalue weighted by Crippen LogP contribution is -2.26. The van der Waals surface area contributed by atoms with Gasteiger partial charge in [-0.15, -0.1) is 0 Å². The third-order valence-electron chi connectivity index (χ3n) is 3.96. The minimum Gasteiger partial charge on any atom is -0.459 e. The Morgan fingerprint density at radius 3 is 1.71 bits per heavy atom. The highest BCUT2D eigenvalue weighted by Gasteiger charge is 2.14. The number of carbonyl (C=O) groups excluding carboxylic acids is 2. The molecule has 0 saturated heterocycles. The lowest BCUT2D eigenvalue weighted by molar-refractivity contribution is -0.0379. The molecule has 6 heteroatoms. The van der Waals surface area contributed by atoms with Gasteiger partial charge in [0, 0.05) is 12.4 Å². The van der Waals surface area contributed by atoms with Crippen molar-refractivity contribution in [2.75, 3.05) is 13.2 Å². The Hall–Kier alpha value is -3.51. The van der Waals surface area contributed by atoms with Gasteiger partial charge in [-0.1, -0.05) is 42.5 Å². The molecule has 2 unspecified atom stereocenters. The van der Waals surface area contributed by atoms with E-state index < -0.39 is 6.10 Å².